The SMILES string of the molecule is C(=C/c1ccco1)/C=N\N1CC[NH+](Cc2cccc3ccccc23)CC1. The summed E-state index contributed by atoms with van der Waals surface area (Å²) in [6, 6.07) is 19.1. The molecule has 0 aliphatic carbocycles. The Morgan fingerprint density at radius 3 is 2.69 bits per heavy atom. The molecule has 0 amide bonds. The molecule has 1 aromatic heterocycles. The molecule has 4 heteroatoms. The molecule has 1 aliphatic rings. The number of furan rings is 1. The van der Waals surface area contributed by atoms with Gasteiger partial charge in [-0.05, 0) is 35.1 Å². The number of allylic oxidation sites excluding steroid dienone is 1. The molecule has 0 atom stereocenters. The first kappa shape index (κ1) is 16.6. The molecule has 4 nitrogen and oxygen atoms in total. The maximum atomic E-state index is 5.26. The highest BCUT2D eigenvalue weighted by Crippen LogP contribution is 2.17. The van der Waals surface area contributed by atoms with E-state index in [1.807, 2.05) is 30.5 Å². The number of hydrogen-bond donors (Lipinski definition) is 1. The van der Waals surface area contributed by atoms with Crippen LogP contribution in [0.5, 0.6) is 0 Å². The normalized spacial score (nSPS) is 16.2. The summed E-state index contributed by atoms with van der Waals surface area (Å²) >= 11 is 0. The van der Waals surface area contributed by atoms with Gasteiger partial charge in [0.15, 0.2) is 0 Å². The fourth-order valence-corrected chi connectivity index (χ4v) is 3.48. The van der Waals surface area contributed by atoms with Crippen LogP contribution in [-0.2, 0) is 6.54 Å². The first-order chi connectivity index (χ1) is 12.9. The molecule has 0 unspecified atom stereocenters. The first-order valence-electron chi connectivity index (χ1n) is 9.18. The summed E-state index contributed by atoms with van der Waals surface area (Å²) in [4.78, 5) is 1.62. The lowest BCUT2D eigenvalue weighted by Gasteiger charge is -2.30. The Kier molecular flexibility index (Phi) is 5.12. The van der Waals surface area contributed by atoms with Gasteiger partial charge in [0.25, 0.3) is 0 Å². The molecule has 132 valence electrons. The second-order valence-corrected chi connectivity index (χ2v) is 6.66. The maximum absolute atomic E-state index is 5.26. The van der Waals surface area contributed by atoms with Crippen LogP contribution in [0.4, 0.5) is 0 Å². The number of nitrogens with one attached hydrogen (secondary N) is 1. The lowest BCUT2D eigenvalue weighted by molar-refractivity contribution is -0.918. The molecule has 1 saturated heterocycles. The van der Waals surface area contributed by atoms with E-state index in [0.717, 1.165) is 38.5 Å². The van der Waals surface area contributed by atoms with Crippen molar-refractivity contribution >= 4 is 23.1 Å². The number of hydrazone groups is 1. The molecule has 4 rings (SSSR count). The van der Waals surface area contributed by atoms with Crippen LogP contribution < -0.4 is 4.90 Å². The van der Waals surface area contributed by atoms with Crippen molar-refractivity contribution in [1.29, 1.82) is 0 Å². The first-order valence-corrected chi connectivity index (χ1v) is 9.18. The summed E-state index contributed by atoms with van der Waals surface area (Å²) in [5.41, 5.74) is 1.44. The van der Waals surface area contributed by atoms with Crippen molar-refractivity contribution in [3.05, 3.63) is 78.3 Å². The standard InChI is InChI=1S/C22H23N3O/c1-2-11-22-19(6-1)7-3-8-20(22)18-24-13-15-25(16-14-24)23-12-4-9-21-10-5-17-26-21/h1-12,17H,13-16,18H2/p+1/b9-4-,23-12-. The summed E-state index contributed by atoms with van der Waals surface area (Å²) in [6.07, 6.45) is 7.37. The van der Waals surface area contributed by atoms with Crippen LogP contribution in [0.3, 0.4) is 0 Å². The molecule has 2 heterocycles. The molecular formula is C22H24N3O+. The molecular weight excluding hydrogens is 322 g/mol. The quantitative estimate of drug-likeness (QED) is 0.721. The molecule has 3 aromatic rings. The molecule has 0 spiro atoms. The molecule has 0 saturated carbocycles. The number of quaternary nitrogens is 1. The van der Waals surface area contributed by atoms with E-state index in [2.05, 4.69) is 52.6 Å². The van der Waals surface area contributed by atoms with Crippen LogP contribution in [0.1, 0.15) is 11.3 Å². The van der Waals surface area contributed by atoms with E-state index >= 15 is 0 Å². The number of benzene rings is 2. The lowest BCUT2D eigenvalue weighted by Crippen LogP contribution is -3.13. The predicted molar refractivity (Wildman–Crippen MR) is 106 cm³/mol. The molecule has 26 heavy (non-hydrogen) atoms. The number of nitrogens with zero attached hydrogens (tertiary/aromatic N) is 2. The Labute approximate surface area is 154 Å². The maximum Gasteiger partial charge on any atom is 0.126 e. The third kappa shape index (κ3) is 4.03. The van der Waals surface area contributed by atoms with Gasteiger partial charge in [0, 0.05) is 11.8 Å². The smallest absolute Gasteiger partial charge is 0.126 e. The van der Waals surface area contributed by atoms with Crippen molar-refractivity contribution in [2.24, 2.45) is 5.10 Å². The molecule has 1 fully saturated rings. The van der Waals surface area contributed by atoms with Crippen LogP contribution in [0.2, 0.25) is 0 Å². The van der Waals surface area contributed by atoms with E-state index in [1.165, 1.54) is 16.3 Å². The Bertz CT molecular complexity index is 885. The fraction of sp³-hybridized carbons (Fsp3) is 0.227. The summed E-state index contributed by atoms with van der Waals surface area (Å²) in [7, 11) is 0. The van der Waals surface area contributed by atoms with Gasteiger partial charge in [-0.25, -0.2) is 0 Å². The van der Waals surface area contributed by atoms with Crippen molar-refractivity contribution in [3.63, 3.8) is 0 Å². The highest BCUT2D eigenvalue weighted by atomic mass is 16.3. The minimum atomic E-state index is 0.848. The summed E-state index contributed by atoms with van der Waals surface area (Å²) in [5.74, 6) is 0.848. The zero-order chi connectivity index (χ0) is 17.6. The summed E-state index contributed by atoms with van der Waals surface area (Å²) < 4.78 is 5.26. The van der Waals surface area contributed by atoms with Crippen LogP contribution in [0, 0.1) is 0 Å². The van der Waals surface area contributed by atoms with Crippen molar-refractivity contribution in [3.8, 4) is 0 Å². The fourth-order valence-electron chi connectivity index (χ4n) is 3.48. The predicted octanol–water partition coefficient (Wildman–Crippen LogP) is 2.83. The Hall–Kier alpha value is -2.85. The van der Waals surface area contributed by atoms with Gasteiger partial charge >= 0.3 is 0 Å². The molecule has 1 N–H and O–H groups in total. The third-order valence-electron chi connectivity index (χ3n) is 4.89. The third-order valence-corrected chi connectivity index (χ3v) is 4.89. The second kappa shape index (κ2) is 8.02. The number of hydrogen-bond acceptors (Lipinski definition) is 3. The van der Waals surface area contributed by atoms with Gasteiger partial charge in [-0.2, -0.15) is 5.10 Å². The number of piperazine rings is 1. The van der Waals surface area contributed by atoms with Crippen molar-refractivity contribution in [2.75, 3.05) is 26.2 Å². The molecule has 0 bridgehead atoms. The van der Waals surface area contributed by atoms with Gasteiger partial charge in [-0.15, -0.1) is 0 Å². The van der Waals surface area contributed by atoms with Gasteiger partial charge in [0.05, 0.1) is 32.4 Å². The van der Waals surface area contributed by atoms with Crippen molar-refractivity contribution in [2.45, 2.75) is 6.54 Å². The topological polar surface area (TPSA) is 33.2 Å². The average molecular weight is 346 g/mol. The van der Waals surface area contributed by atoms with E-state index in [0.29, 0.717) is 0 Å². The zero-order valence-corrected chi connectivity index (χ0v) is 14.8. The van der Waals surface area contributed by atoms with Crippen LogP contribution in [0.25, 0.3) is 16.8 Å². The van der Waals surface area contributed by atoms with Gasteiger partial charge in [-0.1, -0.05) is 42.5 Å². The highest BCUT2D eigenvalue weighted by molar-refractivity contribution is 5.85. The molecule has 2 aromatic carbocycles. The van der Waals surface area contributed by atoms with E-state index in [1.54, 1.807) is 11.2 Å². The Morgan fingerprint density at radius 2 is 1.85 bits per heavy atom. The monoisotopic (exact) mass is 346 g/mol. The number of fused-ring (bicyclic) bond motifs is 1. The van der Waals surface area contributed by atoms with Gasteiger partial charge in [-0.3, -0.25) is 5.01 Å². The Balaban J connectivity index is 1.31. The van der Waals surface area contributed by atoms with Gasteiger partial charge in [0.1, 0.15) is 12.3 Å². The van der Waals surface area contributed by atoms with Crippen molar-refractivity contribution in [1.82, 2.24) is 5.01 Å². The van der Waals surface area contributed by atoms with Gasteiger partial charge in [0.2, 0.25) is 0 Å². The highest BCUT2D eigenvalue weighted by Gasteiger charge is 2.19. The van der Waals surface area contributed by atoms with Crippen molar-refractivity contribution < 1.29 is 9.32 Å². The van der Waals surface area contributed by atoms with Crippen LogP contribution in [0.15, 0.2) is 76.5 Å². The van der Waals surface area contributed by atoms with E-state index in [4.69, 9.17) is 4.42 Å². The van der Waals surface area contributed by atoms with Crippen LogP contribution in [-0.4, -0.2) is 37.4 Å². The largest absolute Gasteiger partial charge is 0.465 e. The molecule has 1 aliphatic heterocycles. The summed E-state index contributed by atoms with van der Waals surface area (Å²) in [5, 5.41) is 9.40. The number of rotatable bonds is 5. The second-order valence-electron chi connectivity index (χ2n) is 6.66. The Morgan fingerprint density at radius 1 is 1.00 bits per heavy atom. The minimum Gasteiger partial charge on any atom is -0.465 e. The lowest BCUT2D eigenvalue weighted by atomic mass is 10.0. The van der Waals surface area contributed by atoms with E-state index < -0.39 is 0 Å². The van der Waals surface area contributed by atoms with Crippen LogP contribution >= 0.6 is 0 Å². The average Bonchev–Trinajstić information content (AvgIpc) is 3.20. The minimum absolute atomic E-state index is 0.848. The zero-order valence-electron chi connectivity index (χ0n) is 14.8. The van der Waals surface area contributed by atoms with Gasteiger partial charge < -0.3 is 9.32 Å². The van der Waals surface area contributed by atoms with E-state index in [9.17, 15) is 0 Å². The molecule has 0 radical (unpaired) electrons. The van der Waals surface area contributed by atoms with E-state index in [-0.39, 0.29) is 0 Å². The summed E-state index contributed by atoms with van der Waals surface area (Å²) in [6.45, 7) is 5.29.